The Labute approximate surface area is 118 Å². The number of rotatable bonds is 6. The van der Waals surface area contributed by atoms with Crippen molar-refractivity contribution in [2.75, 3.05) is 20.3 Å². The van der Waals surface area contributed by atoms with E-state index in [1.807, 2.05) is 6.07 Å². The zero-order valence-corrected chi connectivity index (χ0v) is 11.9. The Morgan fingerprint density at radius 1 is 1.55 bits per heavy atom. The molecular formula is C14H23N3O3. The molecule has 20 heavy (non-hydrogen) atoms. The van der Waals surface area contributed by atoms with Crippen LogP contribution in [-0.4, -0.2) is 47.6 Å². The number of aliphatic hydroxyl groups excluding tert-OH is 1. The summed E-state index contributed by atoms with van der Waals surface area (Å²) in [7, 11) is 1.51. The van der Waals surface area contributed by atoms with Crippen molar-refractivity contribution in [3.63, 3.8) is 0 Å². The van der Waals surface area contributed by atoms with Gasteiger partial charge < -0.3 is 15.2 Å². The first-order valence-corrected chi connectivity index (χ1v) is 7.21. The number of carbonyl (C=O) groups is 1. The van der Waals surface area contributed by atoms with Crippen LogP contribution in [0, 0.1) is 0 Å². The fourth-order valence-corrected chi connectivity index (χ4v) is 2.63. The number of aliphatic hydroxyl groups is 1. The molecule has 6 heteroatoms. The van der Waals surface area contributed by atoms with Crippen molar-refractivity contribution in [2.24, 2.45) is 0 Å². The van der Waals surface area contributed by atoms with Crippen LogP contribution in [0.4, 0.5) is 0 Å². The summed E-state index contributed by atoms with van der Waals surface area (Å²) in [6.07, 6.45) is 5.42. The largest absolute Gasteiger partial charge is 0.389 e. The lowest BCUT2D eigenvalue weighted by Crippen LogP contribution is -2.34. The van der Waals surface area contributed by atoms with Crippen LogP contribution in [0.1, 0.15) is 54.2 Å². The molecule has 1 aromatic heterocycles. The maximum absolute atomic E-state index is 11.9. The van der Waals surface area contributed by atoms with E-state index in [1.165, 1.54) is 26.4 Å². The third-order valence-corrected chi connectivity index (χ3v) is 3.73. The molecule has 6 nitrogen and oxygen atoms in total. The van der Waals surface area contributed by atoms with Gasteiger partial charge in [-0.15, -0.1) is 0 Å². The number of aromatic nitrogens is 2. The predicted octanol–water partition coefficient (Wildman–Crippen LogP) is 1.19. The molecule has 0 saturated heterocycles. The SMILES string of the molecule is COCC(O)CNC(=O)c1cc(C2CCCCC2)[nH]n1. The first kappa shape index (κ1) is 15.0. The lowest BCUT2D eigenvalue weighted by molar-refractivity contribution is 0.0608. The number of carbonyl (C=O) groups excluding carboxylic acids is 1. The predicted molar refractivity (Wildman–Crippen MR) is 74.6 cm³/mol. The molecule has 2 rings (SSSR count). The number of hydrogen-bond acceptors (Lipinski definition) is 4. The highest BCUT2D eigenvalue weighted by Gasteiger charge is 2.19. The van der Waals surface area contributed by atoms with E-state index in [2.05, 4.69) is 15.5 Å². The standard InChI is InChI=1S/C14H23N3O3/c1-20-9-11(18)8-15-14(19)13-7-12(16-17-13)10-5-3-2-4-6-10/h7,10-11,18H,2-6,8-9H2,1H3,(H,15,19)(H,16,17). The minimum Gasteiger partial charge on any atom is -0.389 e. The van der Waals surface area contributed by atoms with Gasteiger partial charge in [0, 0.05) is 25.3 Å². The number of hydrogen-bond donors (Lipinski definition) is 3. The number of H-pyrrole nitrogens is 1. The third-order valence-electron chi connectivity index (χ3n) is 3.73. The van der Waals surface area contributed by atoms with Crippen molar-refractivity contribution in [1.29, 1.82) is 0 Å². The maximum atomic E-state index is 11.9. The molecule has 1 atom stereocenters. The molecule has 3 N–H and O–H groups in total. The van der Waals surface area contributed by atoms with Crippen molar-refractivity contribution in [3.8, 4) is 0 Å². The van der Waals surface area contributed by atoms with Gasteiger partial charge in [-0.1, -0.05) is 19.3 Å². The first-order chi connectivity index (χ1) is 9.70. The van der Waals surface area contributed by atoms with Gasteiger partial charge in [0.2, 0.25) is 0 Å². The maximum Gasteiger partial charge on any atom is 0.271 e. The molecule has 1 fully saturated rings. The molecule has 1 aliphatic carbocycles. The first-order valence-electron chi connectivity index (χ1n) is 7.21. The van der Waals surface area contributed by atoms with Crippen molar-refractivity contribution in [2.45, 2.75) is 44.1 Å². The van der Waals surface area contributed by atoms with Gasteiger partial charge >= 0.3 is 0 Å². The molecule has 0 bridgehead atoms. The number of amides is 1. The van der Waals surface area contributed by atoms with Crippen LogP contribution in [0.15, 0.2) is 6.07 Å². The summed E-state index contributed by atoms with van der Waals surface area (Å²) in [5, 5.41) is 19.2. The molecule has 1 saturated carbocycles. The topological polar surface area (TPSA) is 87.2 Å². The van der Waals surface area contributed by atoms with E-state index in [0.717, 1.165) is 18.5 Å². The highest BCUT2D eigenvalue weighted by Crippen LogP contribution is 2.31. The lowest BCUT2D eigenvalue weighted by atomic mass is 9.87. The van der Waals surface area contributed by atoms with Crippen molar-refractivity contribution in [3.05, 3.63) is 17.5 Å². The summed E-state index contributed by atoms with van der Waals surface area (Å²) < 4.78 is 4.80. The second-order valence-corrected chi connectivity index (χ2v) is 5.36. The Kier molecular flexibility index (Phi) is 5.55. The van der Waals surface area contributed by atoms with E-state index in [0.29, 0.717) is 11.6 Å². The highest BCUT2D eigenvalue weighted by atomic mass is 16.5. The van der Waals surface area contributed by atoms with E-state index >= 15 is 0 Å². The number of nitrogens with one attached hydrogen (secondary N) is 2. The summed E-state index contributed by atoms with van der Waals surface area (Å²) in [4.78, 5) is 11.9. The Balaban J connectivity index is 1.86. The monoisotopic (exact) mass is 281 g/mol. The Morgan fingerprint density at radius 2 is 2.30 bits per heavy atom. The van der Waals surface area contributed by atoms with Gasteiger partial charge in [-0.2, -0.15) is 5.10 Å². The van der Waals surface area contributed by atoms with E-state index in [1.54, 1.807) is 0 Å². The lowest BCUT2D eigenvalue weighted by Gasteiger charge is -2.19. The molecule has 1 aromatic rings. The molecule has 0 radical (unpaired) electrons. The minimum absolute atomic E-state index is 0.165. The van der Waals surface area contributed by atoms with Crippen molar-refractivity contribution in [1.82, 2.24) is 15.5 Å². The van der Waals surface area contributed by atoms with Gasteiger partial charge in [0.15, 0.2) is 0 Å². The average Bonchev–Trinajstić information content (AvgIpc) is 2.96. The van der Waals surface area contributed by atoms with Gasteiger partial charge in [0.05, 0.1) is 12.7 Å². The smallest absolute Gasteiger partial charge is 0.271 e. The van der Waals surface area contributed by atoms with Crippen molar-refractivity contribution < 1.29 is 14.6 Å². The molecule has 1 amide bonds. The summed E-state index contributed by atoms with van der Waals surface area (Å²) in [6.45, 7) is 0.368. The Bertz CT molecular complexity index is 427. The number of ether oxygens (including phenoxy) is 1. The molecule has 1 aliphatic rings. The summed E-state index contributed by atoms with van der Waals surface area (Å²) >= 11 is 0. The quantitative estimate of drug-likeness (QED) is 0.731. The normalized spacial score (nSPS) is 17.9. The van der Waals surface area contributed by atoms with Crippen LogP contribution in [-0.2, 0) is 4.74 Å². The second kappa shape index (κ2) is 7.40. The van der Waals surface area contributed by atoms with Gasteiger partial charge in [-0.05, 0) is 18.9 Å². The highest BCUT2D eigenvalue weighted by molar-refractivity contribution is 5.92. The van der Waals surface area contributed by atoms with Crippen molar-refractivity contribution >= 4 is 5.91 Å². The summed E-state index contributed by atoms with van der Waals surface area (Å²) in [6, 6.07) is 1.83. The van der Waals surface area contributed by atoms with Crippen LogP contribution in [0.25, 0.3) is 0 Å². The average molecular weight is 281 g/mol. The minimum atomic E-state index is -0.694. The Morgan fingerprint density at radius 3 is 3.00 bits per heavy atom. The van der Waals surface area contributed by atoms with Crippen LogP contribution in [0.5, 0.6) is 0 Å². The zero-order valence-electron chi connectivity index (χ0n) is 11.9. The van der Waals surface area contributed by atoms with E-state index < -0.39 is 6.10 Å². The molecule has 0 aliphatic heterocycles. The second-order valence-electron chi connectivity index (χ2n) is 5.36. The Hall–Kier alpha value is -1.40. The van der Waals surface area contributed by atoms with E-state index in [9.17, 15) is 9.90 Å². The zero-order chi connectivity index (χ0) is 14.4. The van der Waals surface area contributed by atoms with Gasteiger partial charge in [-0.25, -0.2) is 0 Å². The molecular weight excluding hydrogens is 258 g/mol. The number of aromatic amines is 1. The van der Waals surface area contributed by atoms with Crippen LogP contribution >= 0.6 is 0 Å². The van der Waals surface area contributed by atoms with Crippen LogP contribution in [0.3, 0.4) is 0 Å². The van der Waals surface area contributed by atoms with Gasteiger partial charge in [-0.3, -0.25) is 9.89 Å². The molecule has 1 unspecified atom stereocenters. The van der Waals surface area contributed by atoms with Gasteiger partial charge in [0.1, 0.15) is 5.69 Å². The fraction of sp³-hybridized carbons (Fsp3) is 0.714. The van der Waals surface area contributed by atoms with E-state index in [-0.39, 0.29) is 19.1 Å². The van der Waals surface area contributed by atoms with Gasteiger partial charge in [0.25, 0.3) is 5.91 Å². The molecule has 1 heterocycles. The molecule has 0 aromatic carbocycles. The van der Waals surface area contributed by atoms with Crippen LogP contribution in [0.2, 0.25) is 0 Å². The number of methoxy groups -OCH3 is 1. The number of nitrogens with zero attached hydrogens (tertiary/aromatic N) is 1. The summed E-state index contributed by atoms with van der Waals surface area (Å²) in [5.41, 5.74) is 1.43. The van der Waals surface area contributed by atoms with E-state index in [4.69, 9.17) is 4.74 Å². The third kappa shape index (κ3) is 4.05. The molecule has 0 spiro atoms. The molecule has 112 valence electrons. The summed E-state index contributed by atoms with van der Waals surface area (Å²) in [5.74, 6) is 0.232. The van der Waals surface area contributed by atoms with Crippen LogP contribution < -0.4 is 5.32 Å². The fourth-order valence-electron chi connectivity index (χ4n) is 2.63.